The third kappa shape index (κ3) is 5.42. The summed E-state index contributed by atoms with van der Waals surface area (Å²) in [5.41, 5.74) is -2.24. The Balaban J connectivity index is 0.000000304. The highest BCUT2D eigenvalue weighted by Crippen LogP contribution is 2.25. The third-order valence-electron chi connectivity index (χ3n) is 3.23. The fraction of sp³-hybridized carbons (Fsp3) is 1.00. The van der Waals surface area contributed by atoms with Gasteiger partial charge in [0.05, 0.1) is 22.9 Å². The molecule has 0 bridgehead atoms. The average molecular weight is 242 g/mol. The molecule has 2 radical (unpaired) electrons. The minimum atomic E-state index is -1.01. The first-order valence-electron chi connectivity index (χ1n) is 5.81. The summed E-state index contributed by atoms with van der Waals surface area (Å²) in [6.07, 6.45) is 0.0903. The Morgan fingerprint density at radius 2 is 1.47 bits per heavy atom. The molecule has 0 aromatic rings. The molecule has 17 heavy (non-hydrogen) atoms. The largest absolute Gasteiger partial charge is 0.413 e. The fourth-order valence-corrected chi connectivity index (χ4v) is 0.788. The first-order valence-corrected chi connectivity index (χ1v) is 5.81. The molecule has 1 atom stereocenters. The van der Waals surface area contributed by atoms with E-state index in [0.717, 1.165) is 0 Å². The van der Waals surface area contributed by atoms with Crippen LogP contribution in [0.25, 0.3) is 0 Å². The van der Waals surface area contributed by atoms with E-state index in [4.69, 9.17) is 27.3 Å². The lowest BCUT2D eigenvalue weighted by atomic mass is 9.63. The van der Waals surface area contributed by atoms with Crippen molar-refractivity contribution < 1.29 is 19.5 Å². The van der Waals surface area contributed by atoms with Gasteiger partial charge in [-0.1, -0.05) is 0 Å². The van der Waals surface area contributed by atoms with Crippen LogP contribution in [0.1, 0.15) is 48.5 Å². The van der Waals surface area contributed by atoms with Crippen molar-refractivity contribution >= 4 is 14.7 Å². The molecular formula is C11H24B2O4. The summed E-state index contributed by atoms with van der Waals surface area (Å²) in [5.74, 6) is 0. The standard InChI is InChI=1S/C6H14O2.C5H10B2O2/c1-5(2,7)6(3,4)8;1-4-5(2,3)9-7(6)8-4/h7-8H,1-4H3;4H,1-3H3. The zero-order valence-corrected chi connectivity index (χ0v) is 11.9. The van der Waals surface area contributed by atoms with Crippen LogP contribution in [0.4, 0.5) is 0 Å². The van der Waals surface area contributed by atoms with Crippen molar-refractivity contribution in [1.82, 2.24) is 0 Å². The normalized spacial score (nSPS) is 24.3. The van der Waals surface area contributed by atoms with E-state index < -0.39 is 18.2 Å². The number of hydrogen-bond acceptors (Lipinski definition) is 4. The predicted octanol–water partition coefficient (Wildman–Crippen LogP) is 0.882. The first kappa shape index (κ1) is 17.0. The maximum absolute atomic E-state index is 9.10. The summed E-state index contributed by atoms with van der Waals surface area (Å²) in [6, 6.07) is 0. The minimum Gasteiger partial charge on any atom is -0.413 e. The highest BCUT2D eigenvalue weighted by Gasteiger charge is 2.38. The molecule has 98 valence electrons. The van der Waals surface area contributed by atoms with Crippen molar-refractivity contribution in [3.8, 4) is 0 Å². The predicted molar refractivity (Wildman–Crippen MR) is 69.8 cm³/mol. The van der Waals surface area contributed by atoms with E-state index in [1.807, 2.05) is 20.8 Å². The summed E-state index contributed by atoms with van der Waals surface area (Å²) >= 11 is 0. The van der Waals surface area contributed by atoms with E-state index in [1.165, 1.54) is 0 Å². The molecule has 0 saturated carbocycles. The van der Waals surface area contributed by atoms with Crippen LogP contribution in [-0.4, -0.2) is 47.9 Å². The molecule has 2 N–H and O–H groups in total. The molecule has 1 unspecified atom stereocenters. The van der Waals surface area contributed by atoms with E-state index in [9.17, 15) is 0 Å². The van der Waals surface area contributed by atoms with E-state index >= 15 is 0 Å². The van der Waals surface area contributed by atoms with Crippen molar-refractivity contribution in [2.75, 3.05) is 0 Å². The van der Waals surface area contributed by atoms with Gasteiger partial charge in [-0.05, 0) is 48.5 Å². The highest BCUT2D eigenvalue weighted by molar-refractivity contribution is 6.95. The summed E-state index contributed by atoms with van der Waals surface area (Å²) in [4.78, 5) is 0. The van der Waals surface area contributed by atoms with E-state index in [2.05, 4.69) is 0 Å². The van der Waals surface area contributed by atoms with Gasteiger partial charge < -0.3 is 19.5 Å². The Hall–Kier alpha value is -0.0301. The summed E-state index contributed by atoms with van der Waals surface area (Å²) in [5, 5.41) is 18.2. The van der Waals surface area contributed by atoms with Gasteiger partial charge in [-0.2, -0.15) is 0 Å². The van der Waals surface area contributed by atoms with Crippen LogP contribution in [-0.2, 0) is 9.31 Å². The Morgan fingerprint density at radius 3 is 1.53 bits per heavy atom. The van der Waals surface area contributed by atoms with Gasteiger partial charge >= 0.3 is 7.01 Å². The molecule has 1 rings (SSSR count). The van der Waals surface area contributed by atoms with Crippen LogP contribution in [0.5, 0.6) is 0 Å². The first-order chi connectivity index (χ1) is 7.27. The van der Waals surface area contributed by atoms with Crippen molar-refractivity contribution in [2.45, 2.75) is 71.4 Å². The second kappa shape index (κ2) is 5.31. The molecule has 0 aromatic heterocycles. The van der Waals surface area contributed by atoms with Crippen molar-refractivity contribution in [3.05, 3.63) is 0 Å². The SMILES string of the molecule is CC(C)(O)C(C)(C)O.[B]B1OC(C)C(C)(C)O1. The van der Waals surface area contributed by atoms with Crippen LogP contribution in [0.3, 0.4) is 0 Å². The molecule has 1 heterocycles. The van der Waals surface area contributed by atoms with Crippen LogP contribution < -0.4 is 0 Å². The second-order valence-corrected chi connectivity index (χ2v) is 5.99. The Labute approximate surface area is 106 Å². The maximum Gasteiger partial charge on any atom is 0.387 e. The quantitative estimate of drug-likeness (QED) is 0.670. The molecular weight excluding hydrogens is 218 g/mol. The molecule has 1 aliphatic heterocycles. The molecule has 0 spiro atoms. The summed E-state index contributed by atoms with van der Waals surface area (Å²) in [6.45, 7) is 12.2. The lowest BCUT2D eigenvalue weighted by Gasteiger charge is -2.31. The topological polar surface area (TPSA) is 58.9 Å². The Kier molecular flexibility index (Phi) is 5.30. The molecule has 0 aliphatic carbocycles. The zero-order chi connectivity index (χ0) is 14.1. The van der Waals surface area contributed by atoms with Gasteiger partial charge in [0.2, 0.25) is 0 Å². The van der Waals surface area contributed by atoms with Gasteiger partial charge in [-0.15, -0.1) is 0 Å². The van der Waals surface area contributed by atoms with Crippen molar-refractivity contribution in [2.24, 2.45) is 0 Å². The molecule has 4 nitrogen and oxygen atoms in total. The summed E-state index contributed by atoms with van der Waals surface area (Å²) in [7, 11) is 4.82. The number of rotatable bonds is 1. The monoisotopic (exact) mass is 242 g/mol. The average Bonchev–Trinajstić information content (AvgIpc) is 2.20. The van der Waals surface area contributed by atoms with Gasteiger partial charge in [0, 0.05) is 0 Å². The fourth-order valence-electron chi connectivity index (χ4n) is 0.788. The van der Waals surface area contributed by atoms with Gasteiger partial charge in [-0.3, -0.25) is 0 Å². The summed E-state index contributed by atoms with van der Waals surface area (Å²) < 4.78 is 10.3. The third-order valence-corrected chi connectivity index (χ3v) is 3.23. The van der Waals surface area contributed by atoms with Crippen LogP contribution in [0, 0.1) is 0 Å². The van der Waals surface area contributed by atoms with E-state index in [-0.39, 0.29) is 11.7 Å². The lowest BCUT2D eigenvalue weighted by molar-refractivity contribution is -0.107. The van der Waals surface area contributed by atoms with Gasteiger partial charge in [0.25, 0.3) is 0 Å². The van der Waals surface area contributed by atoms with Gasteiger partial charge in [0.1, 0.15) is 7.74 Å². The number of hydrogen-bond donors (Lipinski definition) is 2. The molecule has 1 fully saturated rings. The molecule has 0 aromatic carbocycles. The molecule has 0 amide bonds. The molecule has 6 heteroatoms. The smallest absolute Gasteiger partial charge is 0.387 e. The molecule has 1 aliphatic rings. The molecule has 1 saturated heterocycles. The zero-order valence-electron chi connectivity index (χ0n) is 11.9. The van der Waals surface area contributed by atoms with Crippen LogP contribution in [0.15, 0.2) is 0 Å². The van der Waals surface area contributed by atoms with Gasteiger partial charge in [0.15, 0.2) is 0 Å². The Morgan fingerprint density at radius 1 is 1.12 bits per heavy atom. The van der Waals surface area contributed by atoms with E-state index in [1.54, 1.807) is 27.7 Å². The van der Waals surface area contributed by atoms with Crippen LogP contribution >= 0.6 is 0 Å². The van der Waals surface area contributed by atoms with Crippen molar-refractivity contribution in [1.29, 1.82) is 0 Å². The second-order valence-electron chi connectivity index (χ2n) is 5.99. The Bertz CT molecular complexity index is 231. The highest BCUT2D eigenvalue weighted by atomic mass is 16.7. The maximum atomic E-state index is 9.10. The lowest BCUT2D eigenvalue weighted by Crippen LogP contribution is -2.44. The van der Waals surface area contributed by atoms with Gasteiger partial charge in [-0.25, -0.2) is 0 Å². The number of aliphatic hydroxyl groups is 2. The van der Waals surface area contributed by atoms with Crippen LogP contribution in [0.2, 0.25) is 0 Å². The van der Waals surface area contributed by atoms with E-state index in [0.29, 0.717) is 0 Å². The van der Waals surface area contributed by atoms with Crippen molar-refractivity contribution in [3.63, 3.8) is 0 Å². The minimum absolute atomic E-state index is 0.0903.